The third kappa shape index (κ3) is 4.34. The van der Waals surface area contributed by atoms with E-state index in [0.29, 0.717) is 12.2 Å². The molecular weight excluding hydrogens is 320 g/mol. The lowest BCUT2D eigenvalue weighted by Gasteiger charge is -2.18. The molecule has 1 aromatic rings. The number of hydrogen-bond acceptors (Lipinski definition) is 4. The summed E-state index contributed by atoms with van der Waals surface area (Å²) in [5.74, 6) is -4.86. The summed E-state index contributed by atoms with van der Waals surface area (Å²) in [5, 5.41) is 0. The molecule has 2 rings (SSSR count). The van der Waals surface area contributed by atoms with Gasteiger partial charge in [-0.15, -0.1) is 0 Å². The van der Waals surface area contributed by atoms with Gasteiger partial charge in [0, 0.05) is 6.61 Å². The average Bonchev–Trinajstić information content (AvgIpc) is 2.87. The Hall–Kier alpha value is -1.83. The molecule has 0 bridgehead atoms. The Labute approximate surface area is 130 Å². The molecule has 4 nitrogen and oxygen atoms in total. The highest BCUT2D eigenvalue weighted by molar-refractivity contribution is 5.73. The largest absolute Gasteiger partial charge is 0.487 e. The quantitative estimate of drug-likeness (QED) is 0.566. The van der Waals surface area contributed by atoms with E-state index in [1.54, 1.807) is 19.1 Å². The van der Waals surface area contributed by atoms with Gasteiger partial charge in [0.05, 0.1) is 12.3 Å². The fraction of sp³-hybridized carbons (Fsp3) is 0.533. The van der Waals surface area contributed by atoms with Crippen LogP contribution in [0.1, 0.15) is 24.8 Å². The molecule has 23 heavy (non-hydrogen) atoms. The molecule has 2 atom stereocenters. The van der Waals surface area contributed by atoms with Crippen LogP contribution in [0, 0.1) is 0 Å². The standard InChI is InChI=1S/C15H16F4O4/c1-2-21-13-11(7-12(20)23-13)9-3-5-10(6-4-9)22-8-15(18,19)14(16)17/h3-6,11,13-14H,2,7-8H2,1H3. The van der Waals surface area contributed by atoms with Crippen LogP contribution in [-0.4, -0.2) is 37.8 Å². The molecule has 1 aliphatic heterocycles. The number of benzene rings is 1. The summed E-state index contributed by atoms with van der Waals surface area (Å²) in [5.41, 5.74) is 0.710. The van der Waals surface area contributed by atoms with Gasteiger partial charge in [0.1, 0.15) is 5.75 Å². The van der Waals surface area contributed by atoms with Gasteiger partial charge in [0.2, 0.25) is 6.29 Å². The topological polar surface area (TPSA) is 44.8 Å². The molecule has 1 saturated heterocycles. The Morgan fingerprint density at radius 1 is 1.30 bits per heavy atom. The SMILES string of the molecule is CCOC1OC(=O)CC1c1ccc(OCC(F)(F)C(F)F)cc1. The Bertz CT molecular complexity index is 533. The van der Waals surface area contributed by atoms with Crippen molar-refractivity contribution >= 4 is 5.97 Å². The normalized spacial score (nSPS) is 21.6. The van der Waals surface area contributed by atoms with Crippen molar-refractivity contribution in [3.8, 4) is 5.75 Å². The van der Waals surface area contributed by atoms with Crippen LogP contribution in [-0.2, 0) is 14.3 Å². The Morgan fingerprint density at radius 3 is 2.52 bits per heavy atom. The summed E-state index contributed by atoms with van der Waals surface area (Å²) in [6.07, 6.45) is -4.33. The predicted octanol–water partition coefficient (Wildman–Crippen LogP) is 3.36. The number of alkyl halides is 4. The van der Waals surface area contributed by atoms with E-state index >= 15 is 0 Å². The zero-order chi connectivity index (χ0) is 17.0. The number of carbonyl (C=O) groups is 1. The van der Waals surface area contributed by atoms with E-state index in [1.807, 2.05) is 0 Å². The minimum atomic E-state index is -4.20. The summed E-state index contributed by atoms with van der Waals surface area (Å²) in [7, 11) is 0. The van der Waals surface area contributed by atoms with Gasteiger partial charge in [-0.1, -0.05) is 12.1 Å². The molecular formula is C15H16F4O4. The number of hydrogen-bond donors (Lipinski definition) is 0. The number of ether oxygens (including phenoxy) is 3. The molecule has 0 aromatic heterocycles. The molecule has 1 heterocycles. The van der Waals surface area contributed by atoms with E-state index in [4.69, 9.17) is 9.47 Å². The van der Waals surface area contributed by atoms with E-state index in [1.165, 1.54) is 12.1 Å². The van der Waals surface area contributed by atoms with Crippen LogP contribution in [0.4, 0.5) is 17.6 Å². The first-order valence-corrected chi connectivity index (χ1v) is 7.03. The Balaban J connectivity index is 2.00. The lowest BCUT2D eigenvalue weighted by Crippen LogP contribution is -2.33. The van der Waals surface area contributed by atoms with E-state index in [9.17, 15) is 22.4 Å². The third-order valence-electron chi connectivity index (χ3n) is 3.35. The van der Waals surface area contributed by atoms with Gasteiger partial charge in [-0.3, -0.25) is 4.79 Å². The maximum absolute atomic E-state index is 12.8. The first kappa shape index (κ1) is 17.5. The van der Waals surface area contributed by atoms with Crippen LogP contribution in [0.3, 0.4) is 0 Å². The molecule has 0 radical (unpaired) electrons. The molecule has 128 valence electrons. The van der Waals surface area contributed by atoms with Crippen molar-refractivity contribution in [1.29, 1.82) is 0 Å². The highest BCUT2D eigenvalue weighted by Crippen LogP contribution is 2.34. The van der Waals surface area contributed by atoms with Crippen LogP contribution in [0.15, 0.2) is 24.3 Å². The van der Waals surface area contributed by atoms with Gasteiger partial charge in [0.15, 0.2) is 6.61 Å². The predicted molar refractivity (Wildman–Crippen MR) is 71.8 cm³/mol. The number of carbonyl (C=O) groups excluding carboxylic acids is 1. The third-order valence-corrected chi connectivity index (χ3v) is 3.35. The zero-order valence-electron chi connectivity index (χ0n) is 12.3. The van der Waals surface area contributed by atoms with Gasteiger partial charge in [-0.25, -0.2) is 8.78 Å². The van der Waals surface area contributed by atoms with Crippen molar-refractivity contribution in [2.45, 2.75) is 37.9 Å². The molecule has 0 spiro atoms. The van der Waals surface area contributed by atoms with E-state index in [-0.39, 0.29) is 24.1 Å². The number of halogens is 4. The van der Waals surface area contributed by atoms with Crippen molar-refractivity contribution in [3.05, 3.63) is 29.8 Å². The molecule has 2 unspecified atom stereocenters. The van der Waals surface area contributed by atoms with Gasteiger partial charge in [-0.2, -0.15) is 8.78 Å². The molecule has 1 fully saturated rings. The fourth-order valence-corrected chi connectivity index (χ4v) is 2.18. The van der Waals surface area contributed by atoms with Crippen LogP contribution < -0.4 is 4.74 Å². The lowest BCUT2D eigenvalue weighted by molar-refractivity contribution is -0.163. The molecule has 0 aliphatic carbocycles. The Kier molecular flexibility index (Phi) is 5.46. The summed E-state index contributed by atoms with van der Waals surface area (Å²) >= 11 is 0. The summed E-state index contributed by atoms with van der Waals surface area (Å²) in [4.78, 5) is 11.4. The average molecular weight is 336 g/mol. The smallest absolute Gasteiger partial charge is 0.340 e. The monoisotopic (exact) mass is 336 g/mol. The molecule has 0 saturated carbocycles. The molecule has 0 amide bonds. The highest BCUT2D eigenvalue weighted by atomic mass is 19.3. The lowest BCUT2D eigenvalue weighted by atomic mass is 9.97. The summed E-state index contributed by atoms with van der Waals surface area (Å²) in [6.45, 7) is 0.734. The number of esters is 1. The van der Waals surface area contributed by atoms with Crippen molar-refractivity contribution < 1.29 is 36.6 Å². The second-order valence-corrected chi connectivity index (χ2v) is 5.04. The summed E-state index contributed by atoms with van der Waals surface area (Å²) in [6, 6.07) is 5.88. The molecule has 8 heteroatoms. The second kappa shape index (κ2) is 7.16. The van der Waals surface area contributed by atoms with Gasteiger partial charge >= 0.3 is 18.3 Å². The van der Waals surface area contributed by atoms with Gasteiger partial charge in [0.25, 0.3) is 0 Å². The van der Waals surface area contributed by atoms with Crippen molar-refractivity contribution in [2.24, 2.45) is 0 Å². The number of rotatable bonds is 7. The van der Waals surface area contributed by atoms with Gasteiger partial charge in [-0.05, 0) is 24.6 Å². The van der Waals surface area contributed by atoms with Gasteiger partial charge < -0.3 is 14.2 Å². The molecule has 1 aromatic carbocycles. The van der Waals surface area contributed by atoms with Crippen LogP contribution in [0.5, 0.6) is 5.75 Å². The van der Waals surface area contributed by atoms with Crippen molar-refractivity contribution in [2.75, 3.05) is 13.2 Å². The minimum absolute atomic E-state index is 0.0345. The zero-order valence-corrected chi connectivity index (χ0v) is 12.3. The molecule has 1 aliphatic rings. The summed E-state index contributed by atoms with van der Waals surface area (Å²) < 4.78 is 64.7. The van der Waals surface area contributed by atoms with Crippen LogP contribution in [0.2, 0.25) is 0 Å². The maximum atomic E-state index is 12.8. The van der Waals surface area contributed by atoms with Crippen LogP contribution in [0.25, 0.3) is 0 Å². The fourth-order valence-electron chi connectivity index (χ4n) is 2.18. The van der Waals surface area contributed by atoms with Crippen LogP contribution >= 0.6 is 0 Å². The van der Waals surface area contributed by atoms with Crippen molar-refractivity contribution in [3.63, 3.8) is 0 Å². The first-order chi connectivity index (χ1) is 10.8. The van der Waals surface area contributed by atoms with E-state index in [2.05, 4.69) is 4.74 Å². The van der Waals surface area contributed by atoms with Crippen molar-refractivity contribution in [1.82, 2.24) is 0 Å². The van der Waals surface area contributed by atoms with E-state index < -0.39 is 25.2 Å². The maximum Gasteiger partial charge on any atom is 0.340 e. The molecule has 0 N–H and O–H groups in total. The Morgan fingerprint density at radius 2 is 1.96 bits per heavy atom. The minimum Gasteiger partial charge on any atom is -0.487 e. The highest BCUT2D eigenvalue weighted by Gasteiger charge is 2.41. The first-order valence-electron chi connectivity index (χ1n) is 7.03. The van der Waals surface area contributed by atoms with E-state index in [0.717, 1.165) is 0 Å². The number of cyclic esters (lactones) is 1. The second-order valence-electron chi connectivity index (χ2n) is 5.04.